The van der Waals surface area contributed by atoms with E-state index < -0.39 is 0 Å². The zero-order valence-corrected chi connectivity index (χ0v) is 3.14. The average Bonchev–Trinajstić information content (AvgIpc) is 1.41. The Hall–Kier alpha value is -0.530. The Morgan fingerprint density at radius 3 is 2.60 bits per heavy atom. The maximum atomic E-state index is 9.24. The smallest absolute Gasteiger partial charge is 0.228 e. The molecule has 0 aromatic heterocycles. The average molecular weight is 72.1 g/mol. The lowest BCUT2D eigenvalue weighted by molar-refractivity contribution is -0.109. The van der Waals surface area contributed by atoms with Gasteiger partial charge >= 0.3 is 0 Å². The molecule has 0 spiro atoms. The number of hydrogen-bond donors (Lipinski definition) is 0. The Balaban J connectivity index is 2.40. The number of rotatable bonds is 2. The van der Waals surface area contributed by atoms with Gasteiger partial charge in [0.1, 0.15) is 0 Å². The van der Waals surface area contributed by atoms with Gasteiger partial charge in [-0.2, -0.15) is 0 Å². The van der Waals surface area contributed by atoms with Gasteiger partial charge < -0.3 is 0 Å². The van der Waals surface area contributed by atoms with Crippen LogP contribution in [0.2, 0.25) is 0 Å². The molecule has 2 heteroatoms. The first-order chi connectivity index (χ1) is 2.41. The van der Waals surface area contributed by atoms with Crippen molar-refractivity contribution in [2.24, 2.45) is 0 Å². The van der Waals surface area contributed by atoms with Crippen molar-refractivity contribution in [2.75, 3.05) is 6.54 Å². The lowest BCUT2D eigenvalue weighted by Crippen LogP contribution is -1.96. The summed E-state index contributed by atoms with van der Waals surface area (Å²) in [6.45, 7) is 2.41. The molecule has 29 valence electrons. The van der Waals surface area contributed by atoms with Crippen LogP contribution in [0.1, 0.15) is 6.92 Å². The minimum absolute atomic E-state index is 0.556. The van der Waals surface area contributed by atoms with Crippen molar-refractivity contribution in [3.05, 3.63) is 0 Å². The summed E-state index contributed by atoms with van der Waals surface area (Å²) in [7, 11) is 0. The highest BCUT2D eigenvalue weighted by molar-refractivity contribution is 5.45. The Morgan fingerprint density at radius 1 is 2.00 bits per heavy atom. The maximum absolute atomic E-state index is 9.24. The summed E-state index contributed by atoms with van der Waals surface area (Å²) in [6.07, 6.45) is 0.556. The first-order valence-electron chi connectivity index (χ1n) is 1.52. The van der Waals surface area contributed by atoms with E-state index in [1.165, 1.54) is 0 Å². The first-order valence-corrected chi connectivity index (χ1v) is 1.52. The van der Waals surface area contributed by atoms with E-state index in [1.54, 1.807) is 0 Å². The van der Waals surface area contributed by atoms with E-state index in [1.807, 2.05) is 6.92 Å². The third-order valence-corrected chi connectivity index (χ3v) is 0.257. The van der Waals surface area contributed by atoms with E-state index in [9.17, 15) is 4.79 Å². The Morgan fingerprint density at radius 2 is 2.60 bits per heavy atom. The van der Waals surface area contributed by atoms with Crippen molar-refractivity contribution >= 4 is 6.41 Å². The van der Waals surface area contributed by atoms with Gasteiger partial charge in [0.05, 0.1) is 0 Å². The van der Waals surface area contributed by atoms with Crippen LogP contribution < -0.4 is 5.32 Å². The molecule has 0 atom stereocenters. The minimum atomic E-state index is 0.556. The van der Waals surface area contributed by atoms with Crippen LogP contribution in [0.5, 0.6) is 0 Å². The lowest BCUT2D eigenvalue weighted by atomic mass is 10.8. The summed E-state index contributed by atoms with van der Waals surface area (Å²) in [5.74, 6) is 0. The molecular formula is C3H6NO. The molecule has 0 aromatic rings. The zero-order valence-electron chi connectivity index (χ0n) is 3.14. The van der Waals surface area contributed by atoms with Crippen molar-refractivity contribution in [2.45, 2.75) is 6.92 Å². The van der Waals surface area contributed by atoms with Crippen LogP contribution in [0.25, 0.3) is 0 Å². The van der Waals surface area contributed by atoms with Gasteiger partial charge in [0.25, 0.3) is 0 Å². The number of carbonyl (C=O) groups excluding carboxylic acids is 1. The van der Waals surface area contributed by atoms with Crippen LogP contribution in [-0.4, -0.2) is 13.0 Å². The highest BCUT2D eigenvalue weighted by Gasteiger charge is 1.63. The summed E-state index contributed by atoms with van der Waals surface area (Å²) in [6, 6.07) is 0. The third-order valence-electron chi connectivity index (χ3n) is 0.257. The van der Waals surface area contributed by atoms with Crippen LogP contribution >= 0.6 is 0 Å². The topological polar surface area (TPSA) is 31.2 Å². The molecule has 0 rings (SSSR count). The van der Waals surface area contributed by atoms with Crippen molar-refractivity contribution < 1.29 is 4.79 Å². The van der Waals surface area contributed by atoms with Crippen LogP contribution in [0.15, 0.2) is 0 Å². The van der Waals surface area contributed by atoms with Gasteiger partial charge in [0.15, 0.2) is 0 Å². The monoisotopic (exact) mass is 72.0 g/mol. The normalized spacial score (nSPS) is 6.60. The molecule has 0 aromatic carbocycles. The predicted octanol–water partition coefficient (Wildman–Crippen LogP) is -0.233. The molecule has 5 heavy (non-hydrogen) atoms. The maximum Gasteiger partial charge on any atom is 0.228 e. The molecule has 0 aliphatic heterocycles. The lowest BCUT2D eigenvalue weighted by Gasteiger charge is -1.73. The van der Waals surface area contributed by atoms with Crippen LogP contribution in [0.4, 0.5) is 0 Å². The van der Waals surface area contributed by atoms with Gasteiger partial charge in [-0.05, 0) is 6.92 Å². The molecule has 2 nitrogen and oxygen atoms in total. The van der Waals surface area contributed by atoms with E-state index in [0.29, 0.717) is 13.0 Å². The molecule has 0 aliphatic rings. The fourth-order valence-electron chi connectivity index (χ4n) is 0.0745. The summed E-state index contributed by atoms with van der Waals surface area (Å²) >= 11 is 0. The molecule has 0 bridgehead atoms. The first kappa shape index (κ1) is 4.47. The van der Waals surface area contributed by atoms with E-state index >= 15 is 0 Å². The van der Waals surface area contributed by atoms with Crippen LogP contribution in [-0.2, 0) is 4.79 Å². The van der Waals surface area contributed by atoms with Gasteiger partial charge in [-0.3, -0.25) is 10.1 Å². The Labute approximate surface area is 31.2 Å². The molecule has 0 unspecified atom stereocenters. The second-order valence-electron chi connectivity index (χ2n) is 0.604. The standard InChI is InChI=1S/C3H6NO/c1-2-4-3-5/h3H,2H2,1H3. The molecule has 0 fully saturated rings. The van der Waals surface area contributed by atoms with Crippen molar-refractivity contribution in [1.29, 1.82) is 0 Å². The van der Waals surface area contributed by atoms with E-state index in [0.717, 1.165) is 0 Å². The second-order valence-corrected chi connectivity index (χ2v) is 0.604. The summed E-state index contributed by atoms with van der Waals surface area (Å²) in [4.78, 5) is 9.24. The fourth-order valence-corrected chi connectivity index (χ4v) is 0.0745. The number of amides is 1. The molecule has 1 amide bonds. The summed E-state index contributed by atoms with van der Waals surface area (Å²) < 4.78 is 0. The minimum Gasteiger partial charge on any atom is -0.277 e. The van der Waals surface area contributed by atoms with Crippen LogP contribution in [0, 0.1) is 0 Å². The van der Waals surface area contributed by atoms with Gasteiger partial charge in [-0.25, -0.2) is 0 Å². The molecule has 0 aliphatic carbocycles. The Bertz CT molecular complexity index is 28.1. The molecule has 0 saturated heterocycles. The summed E-state index contributed by atoms with van der Waals surface area (Å²) in [5, 5.41) is 3.29. The second kappa shape index (κ2) is 3.47. The molecule has 0 saturated carbocycles. The van der Waals surface area contributed by atoms with E-state index in [4.69, 9.17) is 0 Å². The highest BCUT2D eigenvalue weighted by Crippen LogP contribution is 1.43. The van der Waals surface area contributed by atoms with Crippen molar-refractivity contribution in [3.8, 4) is 0 Å². The van der Waals surface area contributed by atoms with E-state index in [-0.39, 0.29) is 0 Å². The van der Waals surface area contributed by atoms with Gasteiger partial charge in [-0.15, -0.1) is 0 Å². The largest absolute Gasteiger partial charge is 0.277 e. The van der Waals surface area contributed by atoms with E-state index in [2.05, 4.69) is 5.32 Å². The van der Waals surface area contributed by atoms with Gasteiger partial charge in [0.2, 0.25) is 6.41 Å². The SMILES string of the molecule is CC[N]C=O. The number of carbonyl (C=O) groups is 1. The Kier molecular flexibility index (Phi) is 3.10. The van der Waals surface area contributed by atoms with Crippen molar-refractivity contribution in [1.82, 2.24) is 5.32 Å². The molecule has 0 heterocycles. The number of nitrogens with zero attached hydrogens (tertiary/aromatic N) is 1. The molecular weight excluding hydrogens is 66.0 g/mol. The van der Waals surface area contributed by atoms with Crippen molar-refractivity contribution in [3.63, 3.8) is 0 Å². The molecule has 0 N–H and O–H groups in total. The predicted molar refractivity (Wildman–Crippen MR) is 18.7 cm³/mol. The summed E-state index contributed by atoms with van der Waals surface area (Å²) in [5.41, 5.74) is 0. The van der Waals surface area contributed by atoms with Gasteiger partial charge in [-0.1, -0.05) is 0 Å². The number of hydrogen-bond acceptors (Lipinski definition) is 1. The fraction of sp³-hybridized carbons (Fsp3) is 0.667. The van der Waals surface area contributed by atoms with Gasteiger partial charge in [0, 0.05) is 6.54 Å². The highest BCUT2D eigenvalue weighted by atomic mass is 16.1. The quantitative estimate of drug-likeness (QED) is 0.414. The molecule has 1 radical (unpaired) electrons. The van der Waals surface area contributed by atoms with Crippen LogP contribution in [0.3, 0.4) is 0 Å². The third kappa shape index (κ3) is 3.47. The zero-order chi connectivity index (χ0) is 4.12.